The smallest absolute Gasteiger partial charge is 0.220 e. The third-order valence-corrected chi connectivity index (χ3v) is 4.69. The van der Waals surface area contributed by atoms with Crippen molar-refractivity contribution in [2.45, 2.75) is 39.3 Å². The van der Waals surface area contributed by atoms with Gasteiger partial charge in [0.25, 0.3) is 0 Å². The van der Waals surface area contributed by atoms with Gasteiger partial charge in [0.05, 0.1) is 13.2 Å². The number of piperidine rings is 1. The summed E-state index contributed by atoms with van der Waals surface area (Å²) in [5.41, 5.74) is 1.97. The van der Waals surface area contributed by atoms with E-state index in [-0.39, 0.29) is 12.5 Å². The number of aliphatic hydroxyl groups is 1. The SMILES string of the molecule is CCNC(=NCc1ccccc1CO)N1CCC(CC(=O)NC)CC1. The van der Waals surface area contributed by atoms with Crippen LogP contribution in [0.4, 0.5) is 0 Å². The number of hydrogen-bond donors (Lipinski definition) is 3. The molecule has 2 rings (SSSR count). The van der Waals surface area contributed by atoms with E-state index >= 15 is 0 Å². The lowest BCUT2D eigenvalue weighted by molar-refractivity contribution is -0.121. The minimum Gasteiger partial charge on any atom is -0.392 e. The number of guanidine groups is 1. The Balaban J connectivity index is 1.97. The molecule has 0 bridgehead atoms. The second-order valence-electron chi connectivity index (χ2n) is 6.40. The Labute approximate surface area is 150 Å². The largest absolute Gasteiger partial charge is 0.392 e. The third kappa shape index (κ3) is 5.74. The van der Waals surface area contributed by atoms with Crippen LogP contribution in [0.5, 0.6) is 0 Å². The first-order chi connectivity index (χ1) is 12.2. The summed E-state index contributed by atoms with van der Waals surface area (Å²) in [6, 6.07) is 7.85. The van der Waals surface area contributed by atoms with Gasteiger partial charge in [-0.15, -0.1) is 0 Å². The number of carbonyl (C=O) groups is 1. The van der Waals surface area contributed by atoms with Crippen molar-refractivity contribution in [1.82, 2.24) is 15.5 Å². The molecule has 0 aliphatic carbocycles. The van der Waals surface area contributed by atoms with Crippen molar-refractivity contribution in [3.8, 4) is 0 Å². The first-order valence-corrected chi connectivity index (χ1v) is 9.09. The average Bonchev–Trinajstić information content (AvgIpc) is 2.66. The number of aliphatic imine (C=N–C) groups is 1. The molecule has 1 aromatic carbocycles. The molecular formula is C19H30N4O2. The van der Waals surface area contributed by atoms with Crippen molar-refractivity contribution in [3.05, 3.63) is 35.4 Å². The van der Waals surface area contributed by atoms with Crippen molar-refractivity contribution in [3.63, 3.8) is 0 Å². The zero-order valence-electron chi connectivity index (χ0n) is 15.3. The Bertz CT molecular complexity index is 581. The number of hydrogen-bond acceptors (Lipinski definition) is 3. The number of likely N-dealkylation sites (tertiary alicyclic amines) is 1. The fourth-order valence-electron chi connectivity index (χ4n) is 3.17. The number of benzene rings is 1. The van der Waals surface area contributed by atoms with Crippen LogP contribution in [-0.2, 0) is 17.9 Å². The Hall–Kier alpha value is -2.08. The van der Waals surface area contributed by atoms with Crippen LogP contribution < -0.4 is 10.6 Å². The van der Waals surface area contributed by atoms with E-state index in [4.69, 9.17) is 4.99 Å². The highest BCUT2D eigenvalue weighted by Gasteiger charge is 2.23. The molecule has 1 aromatic rings. The van der Waals surface area contributed by atoms with Gasteiger partial charge in [-0.05, 0) is 36.8 Å². The maximum Gasteiger partial charge on any atom is 0.220 e. The fourth-order valence-corrected chi connectivity index (χ4v) is 3.17. The highest BCUT2D eigenvalue weighted by Crippen LogP contribution is 2.20. The lowest BCUT2D eigenvalue weighted by Gasteiger charge is -2.34. The Morgan fingerprint density at radius 1 is 1.28 bits per heavy atom. The van der Waals surface area contributed by atoms with E-state index in [9.17, 15) is 9.90 Å². The van der Waals surface area contributed by atoms with E-state index in [1.807, 2.05) is 24.3 Å². The molecule has 6 heteroatoms. The molecule has 0 spiro atoms. The van der Waals surface area contributed by atoms with E-state index in [2.05, 4.69) is 22.5 Å². The van der Waals surface area contributed by atoms with E-state index in [1.54, 1.807) is 7.05 Å². The maximum absolute atomic E-state index is 11.5. The lowest BCUT2D eigenvalue weighted by atomic mass is 9.93. The molecule has 1 aliphatic rings. The second kappa shape index (κ2) is 10.0. The predicted octanol–water partition coefficient (Wildman–Crippen LogP) is 1.49. The summed E-state index contributed by atoms with van der Waals surface area (Å²) in [4.78, 5) is 18.6. The van der Waals surface area contributed by atoms with Crippen LogP contribution in [-0.4, -0.2) is 48.6 Å². The third-order valence-electron chi connectivity index (χ3n) is 4.69. The Morgan fingerprint density at radius 3 is 2.56 bits per heavy atom. The number of carbonyl (C=O) groups excluding carboxylic acids is 1. The van der Waals surface area contributed by atoms with Gasteiger partial charge in [-0.2, -0.15) is 0 Å². The van der Waals surface area contributed by atoms with Gasteiger partial charge in [-0.1, -0.05) is 24.3 Å². The number of rotatable bonds is 6. The highest BCUT2D eigenvalue weighted by atomic mass is 16.3. The van der Waals surface area contributed by atoms with Crippen molar-refractivity contribution in [1.29, 1.82) is 0 Å². The number of aliphatic hydroxyl groups excluding tert-OH is 1. The summed E-state index contributed by atoms with van der Waals surface area (Å²) < 4.78 is 0. The van der Waals surface area contributed by atoms with E-state index in [1.165, 1.54) is 0 Å². The van der Waals surface area contributed by atoms with Gasteiger partial charge in [0.2, 0.25) is 5.91 Å². The van der Waals surface area contributed by atoms with Crippen LogP contribution in [0.2, 0.25) is 0 Å². The molecule has 1 saturated heterocycles. The zero-order chi connectivity index (χ0) is 18.1. The second-order valence-corrected chi connectivity index (χ2v) is 6.40. The summed E-state index contributed by atoms with van der Waals surface area (Å²) in [6.07, 6.45) is 2.62. The summed E-state index contributed by atoms with van der Waals surface area (Å²) in [6.45, 7) is 5.29. The van der Waals surface area contributed by atoms with Gasteiger partial charge in [-0.3, -0.25) is 4.79 Å². The van der Waals surface area contributed by atoms with Crippen LogP contribution in [0.1, 0.15) is 37.3 Å². The lowest BCUT2D eigenvalue weighted by Crippen LogP contribution is -2.46. The number of nitrogens with zero attached hydrogens (tertiary/aromatic N) is 2. The quantitative estimate of drug-likeness (QED) is 0.539. The standard InChI is InChI=1S/C19H30N4O2/c1-3-21-19(22-13-16-6-4-5-7-17(16)14-24)23-10-8-15(9-11-23)12-18(25)20-2/h4-7,15,24H,3,8-14H2,1-2H3,(H,20,25)(H,21,22). The highest BCUT2D eigenvalue weighted by molar-refractivity contribution is 5.80. The first kappa shape index (κ1) is 19.2. The van der Waals surface area contributed by atoms with Gasteiger partial charge in [0.1, 0.15) is 0 Å². The number of amides is 1. The average molecular weight is 346 g/mol. The molecule has 0 aromatic heterocycles. The molecule has 1 aliphatic heterocycles. The van der Waals surface area contributed by atoms with Crippen molar-refractivity contribution in [2.75, 3.05) is 26.7 Å². The van der Waals surface area contributed by atoms with Gasteiger partial charge < -0.3 is 20.6 Å². The van der Waals surface area contributed by atoms with Gasteiger partial charge in [0, 0.05) is 33.1 Å². The minimum absolute atomic E-state index is 0.0348. The summed E-state index contributed by atoms with van der Waals surface area (Å²) in [7, 11) is 1.69. The van der Waals surface area contributed by atoms with Crippen molar-refractivity contribution >= 4 is 11.9 Å². The van der Waals surface area contributed by atoms with E-state index < -0.39 is 0 Å². The topological polar surface area (TPSA) is 77.0 Å². The molecule has 0 atom stereocenters. The van der Waals surface area contributed by atoms with Crippen molar-refractivity contribution < 1.29 is 9.90 Å². The molecule has 25 heavy (non-hydrogen) atoms. The Kier molecular flexibility index (Phi) is 7.73. The summed E-state index contributed by atoms with van der Waals surface area (Å²) >= 11 is 0. The molecule has 0 unspecified atom stereocenters. The van der Waals surface area contributed by atoms with Crippen LogP contribution >= 0.6 is 0 Å². The molecular weight excluding hydrogens is 316 g/mol. The molecule has 0 radical (unpaired) electrons. The molecule has 0 saturated carbocycles. The van der Waals surface area contributed by atoms with Gasteiger partial charge in [0.15, 0.2) is 5.96 Å². The summed E-state index contributed by atoms with van der Waals surface area (Å²) in [5.74, 6) is 1.49. The molecule has 1 heterocycles. The van der Waals surface area contributed by atoms with Crippen LogP contribution in [0.3, 0.4) is 0 Å². The molecule has 6 nitrogen and oxygen atoms in total. The van der Waals surface area contributed by atoms with Crippen LogP contribution in [0, 0.1) is 5.92 Å². The Morgan fingerprint density at radius 2 is 1.96 bits per heavy atom. The van der Waals surface area contributed by atoms with E-state index in [0.29, 0.717) is 18.9 Å². The minimum atomic E-state index is 0.0348. The molecule has 3 N–H and O–H groups in total. The first-order valence-electron chi connectivity index (χ1n) is 9.09. The normalized spacial score (nSPS) is 16.0. The zero-order valence-corrected chi connectivity index (χ0v) is 15.3. The monoisotopic (exact) mass is 346 g/mol. The van der Waals surface area contributed by atoms with Gasteiger partial charge >= 0.3 is 0 Å². The van der Waals surface area contributed by atoms with E-state index in [0.717, 1.165) is 49.6 Å². The molecule has 138 valence electrons. The number of nitrogens with one attached hydrogen (secondary N) is 2. The summed E-state index contributed by atoms with van der Waals surface area (Å²) in [5, 5.41) is 15.5. The predicted molar refractivity (Wildman–Crippen MR) is 100 cm³/mol. The van der Waals surface area contributed by atoms with Crippen molar-refractivity contribution in [2.24, 2.45) is 10.9 Å². The van der Waals surface area contributed by atoms with Crippen LogP contribution in [0.25, 0.3) is 0 Å². The van der Waals surface area contributed by atoms with Gasteiger partial charge in [-0.25, -0.2) is 4.99 Å². The molecule has 1 amide bonds. The van der Waals surface area contributed by atoms with Crippen LogP contribution in [0.15, 0.2) is 29.3 Å². The fraction of sp³-hybridized carbons (Fsp3) is 0.579. The molecule has 1 fully saturated rings. The maximum atomic E-state index is 11.5.